The topological polar surface area (TPSA) is 89.1 Å². The van der Waals surface area contributed by atoms with E-state index in [1.54, 1.807) is 19.2 Å². The summed E-state index contributed by atoms with van der Waals surface area (Å²) < 4.78 is 5.41. The first-order chi connectivity index (χ1) is 9.61. The Kier molecular flexibility index (Phi) is 2.90. The van der Waals surface area contributed by atoms with Gasteiger partial charge in [0.25, 0.3) is 0 Å². The maximum absolute atomic E-state index is 10.7. The van der Waals surface area contributed by atoms with Crippen LogP contribution in [0.2, 0.25) is 0 Å². The molecule has 6 heteroatoms. The minimum absolute atomic E-state index is 0.195. The SMILES string of the molecule is Cc1nc2cc(-c3ccnc(CC(=O)O)n3)ccc2o1. The highest BCUT2D eigenvalue weighted by Gasteiger charge is 2.08. The van der Waals surface area contributed by atoms with Crippen LogP contribution in [-0.2, 0) is 11.2 Å². The number of aryl methyl sites for hydroxylation is 1. The first-order valence-electron chi connectivity index (χ1n) is 6.03. The maximum Gasteiger partial charge on any atom is 0.311 e. The van der Waals surface area contributed by atoms with Gasteiger partial charge in [-0.2, -0.15) is 0 Å². The summed E-state index contributed by atoms with van der Waals surface area (Å²) in [6.07, 6.45) is 1.36. The van der Waals surface area contributed by atoms with Crippen molar-refractivity contribution in [1.29, 1.82) is 0 Å². The van der Waals surface area contributed by atoms with Crippen molar-refractivity contribution in [2.24, 2.45) is 0 Å². The predicted molar refractivity (Wildman–Crippen MR) is 71.1 cm³/mol. The monoisotopic (exact) mass is 269 g/mol. The van der Waals surface area contributed by atoms with Crippen LogP contribution in [0.5, 0.6) is 0 Å². The fraction of sp³-hybridized carbons (Fsp3) is 0.143. The van der Waals surface area contributed by atoms with Gasteiger partial charge in [0.1, 0.15) is 17.8 Å². The number of aromatic nitrogens is 3. The van der Waals surface area contributed by atoms with E-state index in [4.69, 9.17) is 9.52 Å². The van der Waals surface area contributed by atoms with Gasteiger partial charge in [0, 0.05) is 18.7 Å². The molecule has 0 fully saturated rings. The zero-order chi connectivity index (χ0) is 14.1. The zero-order valence-corrected chi connectivity index (χ0v) is 10.7. The quantitative estimate of drug-likeness (QED) is 0.784. The van der Waals surface area contributed by atoms with Gasteiger partial charge < -0.3 is 9.52 Å². The average Bonchev–Trinajstić information content (AvgIpc) is 2.77. The molecule has 0 spiro atoms. The number of aliphatic carboxylic acids is 1. The summed E-state index contributed by atoms with van der Waals surface area (Å²) in [6, 6.07) is 7.28. The lowest BCUT2D eigenvalue weighted by molar-refractivity contribution is -0.136. The second kappa shape index (κ2) is 4.73. The number of oxazole rings is 1. The van der Waals surface area contributed by atoms with Crippen LogP contribution in [0.25, 0.3) is 22.4 Å². The van der Waals surface area contributed by atoms with Gasteiger partial charge in [0.15, 0.2) is 11.5 Å². The molecule has 1 aromatic carbocycles. The highest BCUT2D eigenvalue weighted by Crippen LogP contribution is 2.23. The Morgan fingerprint density at radius 1 is 1.30 bits per heavy atom. The van der Waals surface area contributed by atoms with Gasteiger partial charge in [-0.1, -0.05) is 0 Å². The second-order valence-corrected chi connectivity index (χ2v) is 4.34. The molecule has 0 saturated heterocycles. The number of rotatable bonds is 3. The molecule has 2 aromatic heterocycles. The molecular formula is C14H11N3O3. The van der Waals surface area contributed by atoms with Gasteiger partial charge in [0.05, 0.1) is 5.69 Å². The third-order valence-electron chi connectivity index (χ3n) is 2.81. The van der Waals surface area contributed by atoms with E-state index in [0.29, 0.717) is 17.2 Å². The Balaban J connectivity index is 2.03. The van der Waals surface area contributed by atoms with Crippen LogP contribution in [0.4, 0.5) is 0 Å². The Morgan fingerprint density at radius 3 is 2.95 bits per heavy atom. The number of fused-ring (bicyclic) bond motifs is 1. The Morgan fingerprint density at radius 2 is 2.15 bits per heavy atom. The number of nitrogens with zero attached hydrogens (tertiary/aromatic N) is 3. The van der Waals surface area contributed by atoms with Gasteiger partial charge in [0.2, 0.25) is 0 Å². The van der Waals surface area contributed by atoms with Crippen LogP contribution in [0, 0.1) is 6.92 Å². The lowest BCUT2D eigenvalue weighted by Crippen LogP contribution is -2.05. The normalized spacial score (nSPS) is 10.8. The van der Waals surface area contributed by atoms with Crippen molar-refractivity contribution in [3.63, 3.8) is 0 Å². The standard InChI is InChI=1S/C14H11N3O3/c1-8-16-11-6-9(2-3-12(11)20-8)10-4-5-15-13(17-10)7-14(18)19/h2-6H,7H2,1H3,(H,18,19). The van der Waals surface area contributed by atoms with E-state index in [0.717, 1.165) is 11.1 Å². The molecule has 0 radical (unpaired) electrons. The minimum Gasteiger partial charge on any atom is -0.481 e. The molecule has 6 nitrogen and oxygen atoms in total. The molecule has 0 bridgehead atoms. The van der Waals surface area contributed by atoms with Crippen molar-refractivity contribution in [2.75, 3.05) is 0 Å². The summed E-state index contributed by atoms with van der Waals surface area (Å²) >= 11 is 0. The molecule has 3 aromatic rings. The molecule has 2 heterocycles. The van der Waals surface area contributed by atoms with Gasteiger partial charge in [-0.15, -0.1) is 0 Å². The van der Waals surface area contributed by atoms with Gasteiger partial charge in [-0.3, -0.25) is 4.79 Å². The van der Waals surface area contributed by atoms with E-state index in [1.807, 2.05) is 18.2 Å². The molecule has 0 unspecified atom stereocenters. The van der Waals surface area contributed by atoms with E-state index >= 15 is 0 Å². The smallest absolute Gasteiger partial charge is 0.311 e. The van der Waals surface area contributed by atoms with Crippen LogP contribution < -0.4 is 0 Å². The van der Waals surface area contributed by atoms with E-state index in [9.17, 15) is 4.79 Å². The van der Waals surface area contributed by atoms with Crippen molar-refractivity contribution >= 4 is 17.1 Å². The summed E-state index contributed by atoms with van der Waals surface area (Å²) in [6.45, 7) is 1.79. The van der Waals surface area contributed by atoms with Crippen LogP contribution in [-0.4, -0.2) is 26.0 Å². The Bertz CT molecular complexity index is 795. The highest BCUT2D eigenvalue weighted by molar-refractivity contribution is 5.79. The van der Waals surface area contributed by atoms with Crippen LogP contribution in [0.15, 0.2) is 34.9 Å². The lowest BCUT2D eigenvalue weighted by atomic mass is 10.1. The van der Waals surface area contributed by atoms with Gasteiger partial charge in [-0.05, 0) is 24.3 Å². The summed E-state index contributed by atoms with van der Waals surface area (Å²) in [5.41, 5.74) is 2.98. The third-order valence-corrected chi connectivity index (χ3v) is 2.81. The van der Waals surface area contributed by atoms with Crippen molar-refractivity contribution in [3.05, 3.63) is 42.2 Å². The zero-order valence-electron chi connectivity index (χ0n) is 10.7. The molecule has 100 valence electrons. The largest absolute Gasteiger partial charge is 0.481 e. The summed E-state index contributed by atoms with van der Waals surface area (Å²) in [7, 11) is 0. The Labute approximate surface area is 114 Å². The number of carbonyl (C=O) groups is 1. The number of carboxylic acids is 1. The van der Waals surface area contributed by atoms with Crippen molar-refractivity contribution in [3.8, 4) is 11.3 Å². The van der Waals surface area contributed by atoms with E-state index < -0.39 is 5.97 Å². The molecule has 0 saturated carbocycles. The molecule has 3 rings (SSSR count). The number of benzene rings is 1. The van der Waals surface area contributed by atoms with Gasteiger partial charge in [-0.25, -0.2) is 15.0 Å². The molecular weight excluding hydrogens is 258 g/mol. The molecule has 0 aliphatic heterocycles. The summed E-state index contributed by atoms with van der Waals surface area (Å²) in [4.78, 5) is 23.1. The number of carboxylic acid groups (broad SMARTS) is 1. The van der Waals surface area contributed by atoms with Crippen LogP contribution >= 0.6 is 0 Å². The Hall–Kier alpha value is -2.76. The van der Waals surface area contributed by atoms with E-state index in [-0.39, 0.29) is 12.2 Å². The lowest BCUT2D eigenvalue weighted by Gasteiger charge is -2.02. The van der Waals surface area contributed by atoms with Crippen molar-refractivity contribution in [2.45, 2.75) is 13.3 Å². The van der Waals surface area contributed by atoms with Crippen LogP contribution in [0.1, 0.15) is 11.7 Å². The average molecular weight is 269 g/mol. The van der Waals surface area contributed by atoms with E-state index in [2.05, 4.69) is 15.0 Å². The molecule has 0 aliphatic rings. The minimum atomic E-state index is -0.954. The fourth-order valence-corrected chi connectivity index (χ4v) is 1.98. The van der Waals surface area contributed by atoms with Gasteiger partial charge >= 0.3 is 5.97 Å². The van der Waals surface area contributed by atoms with Crippen molar-refractivity contribution in [1.82, 2.24) is 15.0 Å². The summed E-state index contributed by atoms with van der Waals surface area (Å²) in [5.74, 6) is -0.0671. The maximum atomic E-state index is 10.7. The summed E-state index contributed by atoms with van der Waals surface area (Å²) in [5, 5.41) is 8.77. The number of hydrogen-bond donors (Lipinski definition) is 1. The molecule has 1 N–H and O–H groups in total. The van der Waals surface area contributed by atoms with Crippen LogP contribution in [0.3, 0.4) is 0 Å². The fourth-order valence-electron chi connectivity index (χ4n) is 1.98. The first-order valence-corrected chi connectivity index (χ1v) is 6.03. The van der Waals surface area contributed by atoms with Crippen molar-refractivity contribution < 1.29 is 14.3 Å². The molecule has 0 atom stereocenters. The predicted octanol–water partition coefficient (Wildman–Crippen LogP) is 2.22. The number of hydrogen-bond acceptors (Lipinski definition) is 5. The second-order valence-electron chi connectivity index (χ2n) is 4.34. The molecule has 0 amide bonds. The molecule has 20 heavy (non-hydrogen) atoms. The third kappa shape index (κ3) is 2.35. The highest BCUT2D eigenvalue weighted by atomic mass is 16.4. The molecule has 0 aliphatic carbocycles. The van der Waals surface area contributed by atoms with E-state index in [1.165, 1.54) is 0 Å². The first kappa shape index (κ1) is 12.3.